The third kappa shape index (κ3) is 3.08. The number of halogens is 2. The molecule has 0 bridgehead atoms. The Morgan fingerprint density at radius 1 is 1.10 bits per heavy atom. The third-order valence-electron chi connectivity index (χ3n) is 3.51. The van der Waals surface area contributed by atoms with E-state index in [1.165, 1.54) is 24.3 Å². The van der Waals surface area contributed by atoms with E-state index < -0.39 is 0 Å². The first-order valence-electron chi connectivity index (χ1n) is 6.70. The first-order chi connectivity index (χ1) is 10.1. The van der Waals surface area contributed by atoms with Gasteiger partial charge in [-0.1, -0.05) is 24.3 Å². The predicted molar refractivity (Wildman–Crippen MR) is 77.6 cm³/mol. The van der Waals surface area contributed by atoms with Crippen LogP contribution in [0.2, 0.25) is 0 Å². The van der Waals surface area contributed by atoms with Gasteiger partial charge in [-0.2, -0.15) is 0 Å². The standard InChI is InChI=1S/C16H15F2N3/c17-13-6-4-11(5-7-13)8-16-20-15(10-21(16)19)12-2-1-3-14(18)9-12/h1-7,9,15H,8,10,19H2. The van der Waals surface area contributed by atoms with Crippen molar-refractivity contribution in [1.82, 2.24) is 5.01 Å². The van der Waals surface area contributed by atoms with Gasteiger partial charge in [-0.05, 0) is 35.4 Å². The van der Waals surface area contributed by atoms with Crippen LogP contribution in [0.15, 0.2) is 53.5 Å². The summed E-state index contributed by atoms with van der Waals surface area (Å²) in [6.07, 6.45) is 0.530. The van der Waals surface area contributed by atoms with Crippen molar-refractivity contribution < 1.29 is 8.78 Å². The van der Waals surface area contributed by atoms with Crippen molar-refractivity contribution in [1.29, 1.82) is 0 Å². The average Bonchev–Trinajstić information content (AvgIpc) is 2.83. The van der Waals surface area contributed by atoms with Crippen molar-refractivity contribution in [3.05, 3.63) is 71.3 Å². The molecule has 5 heteroatoms. The minimum absolute atomic E-state index is 0.166. The average molecular weight is 287 g/mol. The van der Waals surface area contributed by atoms with Gasteiger partial charge in [-0.3, -0.25) is 10.0 Å². The van der Waals surface area contributed by atoms with Gasteiger partial charge in [0.15, 0.2) is 0 Å². The highest BCUT2D eigenvalue weighted by Gasteiger charge is 2.24. The van der Waals surface area contributed by atoms with Gasteiger partial charge < -0.3 is 0 Å². The van der Waals surface area contributed by atoms with Crippen LogP contribution in [0.4, 0.5) is 8.78 Å². The van der Waals surface area contributed by atoms with Crippen LogP contribution in [0.3, 0.4) is 0 Å². The number of amidine groups is 1. The van der Waals surface area contributed by atoms with E-state index in [1.807, 2.05) is 6.07 Å². The molecular weight excluding hydrogens is 272 g/mol. The Bertz CT molecular complexity index is 667. The summed E-state index contributed by atoms with van der Waals surface area (Å²) in [4.78, 5) is 4.56. The van der Waals surface area contributed by atoms with Crippen LogP contribution in [0.5, 0.6) is 0 Å². The number of nitrogens with zero attached hydrogens (tertiary/aromatic N) is 2. The molecule has 2 aromatic rings. The molecule has 21 heavy (non-hydrogen) atoms. The fourth-order valence-electron chi connectivity index (χ4n) is 2.41. The van der Waals surface area contributed by atoms with E-state index >= 15 is 0 Å². The number of benzene rings is 2. The summed E-state index contributed by atoms with van der Waals surface area (Å²) >= 11 is 0. The van der Waals surface area contributed by atoms with Gasteiger partial charge in [-0.15, -0.1) is 0 Å². The zero-order chi connectivity index (χ0) is 14.8. The number of hydrogen-bond donors (Lipinski definition) is 1. The summed E-state index contributed by atoms with van der Waals surface area (Å²) in [7, 11) is 0. The maximum Gasteiger partial charge on any atom is 0.123 e. The van der Waals surface area contributed by atoms with Crippen LogP contribution in [0, 0.1) is 11.6 Å². The first kappa shape index (κ1) is 13.7. The number of aliphatic imine (C=N–C) groups is 1. The van der Waals surface area contributed by atoms with Crippen molar-refractivity contribution in [2.24, 2.45) is 10.8 Å². The second-order valence-electron chi connectivity index (χ2n) is 5.07. The molecule has 0 aromatic heterocycles. The second-order valence-corrected chi connectivity index (χ2v) is 5.07. The fraction of sp³-hybridized carbons (Fsp3) is 0.188. The van der Waals surface area contributed by atoms with E-state index in [4.69, 9.17) is 5.84 Å². The highest BCUT2D eigenvalue weighted by atomic mass is 19.1. The SMILES string of the molecule is NN1CC(c2cccc(F)c2)N=C1Cc1ccc(F)cc1. The molecule has 1 aliphatic rings. The largest absolute Gasteiger partial charge is 0.296 e. The number of hydrazine groups is 1. The highest BCUT2D eigenvalue weighted by Crippen LogP contribution is 2.24. The molecule has 0 aliphatic carbocycles. The van der Waals surface area contributed by atoms with Gasteiger partial charge in [0.1, 0.15) is 17.5 Å². The quantitative estimate of drug-likeness (QED) is 0.882. The fourth-order valence-corrected chi connectivity index (χ4v) is 2.41. The lowest BCUT2D eigenvalue weighted by atomic mass is 10.1. The van der Waals surface area contributed by atoms with Crippen LogP contribution in [-0.2, 0) is 6.42 Å². The van der Waals surface area contributed by atoms with Crippen molar-refractivity contribution >= 4 is 5.84 Å². The Morgan fingerprint density at radius 2 is 1.86 bits per heavy atom. The lowest BCUT2D eigenvalue weighted by Crippen LogP contribution is -2.35. The molecular formula is C16H15F2N3. The number of rotatable bonds is 3. The van der Waals surface area contributed by atoms with Crippen LogP contribution in [0.25, 0.3) is 0 Å². The van der Waals surface area contributed by atoms with E-state index in [2.05, 4.69) is 4.99 Å². The topological polar surface area (TPSA) is 41.6 Å². The number of nitrogens with two attached hydrogens (primary N) is 1. The van der Waals surface area contributed by atoms with E-state index in [9.17, 15) is 8.78 Å². The Labute approximate surface area is 121 Å². The lowest BCUT2D eigenvalue weighted by molar-refractivity contribution is 0.442. The molecule has 0 fully saturated rings. The molecule has 1 atom stereocenters. The van der Waals surface area contributed by atoms with E-state index in [1.54, 1.807) is 23.2 Å². The van der Waals surface area contributed by atoms with Crippen LogP contribution in [-0.4, -0.2) is 17.4 Å². The smallest absolute Gasteiger partial charge is 0.123 e. The van der Waals surface area contributed by atoms with Gasteiger partial charge >= 0.3 is 0 Å². The monoisotopic (exact) mass is 287 g/mol. The lowest BCUT2D eigenvalue weighted by Gasteiger charge is -2.14. The zero-order valence-electron chi connectivity index (χ0n) is 11.3. The highest BCUT2D eigenvalue weighted by molar-refractivity contribution is 5.85. The van der Waals surface area contributed by atoms with Crippen molar-refractivity contribution in [2.45, 2.75) is 12.5 Å². The van der Waals surface area contributed by atoms with Gasteiger partial charge in [0.05, 0.1) is 12.6 Å². The van der Waals surface area contributed by atoms with Gasteiger partial charge in [0.2, 0.25) is 0 Å². The van der Waals surface area contributed by atoms with E-state index in [-0.39, 0.29) is 17.7 Å². The molecule has 1 unspecified atom stereocenters. The maximum atomic E-state index is 13.3. The Hall–Kier alpha value is -2.27. The molecule has 0 saturated heterocycles. The van der Waals surface area contributed by atoms with Gasteiger partial charge in [-0.25, -0.2) is 14.6 Å². The molecule has 3 nitrogen and oxygen atoms in total. The Balaban J connectivity index is 1.79. The third-order valence-corrected chi connectivity index (χ3v) is 3.51. The minimum Gasteiger partial charge on any atom is -0.296 e. The summed E-state index contributed by atoms with van der Waals surface area (Å²) < 4.78 is 26.2. The normalized spacial score (nSPS) is 18.0. The molecule has 2 aromatic carbocycles. The van der Waals surface area contributed by atoms with E-state index in [0.717, 1.165) is 17.0 Å². The van der Waals surface area contributed by atoms with Crippen molar-refractivity contribution in [3.8, 4) is 0 Å². The van der Waals surface area contributed by atoms with Crippen LogP contribution >= 0.6 is 0 Å². The van der Waals surface area contributed by atoms with Crippen molar-refractivity contribution in [3.63, 3.8) is 0 Å². The molecule has 0 radical (unpaired) electrons. The molecule has 0 spiro atoms. The van der Waals surface area contributed by atoms with Crippen molar-refractivity contribution in [2.75, 3.05) is 6.54 Å². The van der Waals surface area contributed by atoms with E-state index in [0.29, 0.717) is 13.0 Å². The molecule has 1 heterocycles. The summed E-state index contributed by atoms with van der Waals surface area (Å²) in [5.74, 6) is 6.13. The summed E-state index contributed by atoms with van der Waals surface area (Å²) in [5, 5.41) is 1.57. The van der Waals surface area contributed by atoms with Crippen LogP contribution < -0.4 is 5.84 Å². The summed E-state index contributed by atoms with van der Waals surface area (Å²) in [6.45, 7) is 0.514. The first-order valence-corrected chi connectivity index (χ1v) is 6.70. The summed E-state index contributed by atoms with van der Waals surface area (Å²) in [5.41, 5.74) is 1.74. The zero-order valence-corrected chi connectivity index (χ0v) is 11.3. The molecule has 3 rings (SSSR count). The van der Waals surface area contributed by atoms with Gasteiger partial charge in [0, 0.05) is 6.42 Å². The predicted octanol–water partition coefficient (Wildman–Crippen LogP) is 2.84. The Morgan fingerprint density at radius 3 is 2.57 bits per heavy atom. The molecule has 1 aliphatic heterocycles. The molecule has 108 valence electrons. The minimum atomic E-state index is -0.279. The molecule has 0 amide bonds. The number of hydrogen-bond acceptors (Lipinski definition) is 3. The second kappa shape index (κ2) is 5.61. The molecule has 2 N–H and O–H groups in total. The maximum absolute atomic E-state index is 13.3. The summed E-state index contributed by atoms with van der Waals surface area (Å²) in [6, 6.07) is 12.5. The van der Waals surface area contributed by atoms with Gasteiger partial charge in [0.25, 0.3) is 0 Å². The molecule has 0 saturated carbocycles. The van der Waals surface area contributed by atoms with Crippen LogP contribution in [0.1, 0.15) is 17.2 Å². The Kier molecular flexibility index (Phi) is 3.66.